The van der Waals surface area contributed by atoms with Crippen LogP contribution >= 0.6 is 27.5 Å². The molecule has 2 nitrogen and oxygen atoms in total. The van der Waals surface area contributed by atoms with Gasteiger partial charge in [-0.1, -0.05) is 11.6 Å². The summed E-state index contributed by atoms with van der Waals surface area (Å²) in [6.45, 7) is 0. The summed E-state index contributed by atoms with van der Waals surface area (Å²) in [4.78, 5) is 14.4. The highest BCUT2D eigenvalue weighted by atomic mass is 79.9. The van der Waals surface area contributed by atoms with E-state index in [1.165, 1.54) is 6.20 Å². The minimum atomic E-state index is -0.293. The highest BCUT2D eigenvalue weighted by molar-refractivity contribution is 9.18. The molecule has 4 heteroatoms. The molecule has 0 amide bonds. The number of pyridine rings is 1. The van der Waals surface area contributed by atoms with Crippen LogP contribution in [0.2, 0.25) is 5.02 Å². The standard InChI is InChI=1S/C6H3BrClNO/c7-6(10)5-4(8)2-1-3-9-5/h1-3H. The van der Waals surface area contributed by atoms with Gasteiger partial charge in [0.1, 0.15) is 5.69 Å². The molecule has 0 aliphatic rings. The Kier molecular flexibility index (Phi) is 2.40. The number of hydrogen-bond donors (Lipinski definition) is 0. The molecule has 0 N–H and O–H groups in total. The molecule has 1 rings (SSSR count). The van der Waals surface area contributed by atoms with E-state index in [0.29, 0.717) is 5.02 Å². The number of carbonyl (C=O) groups is 1. The van der Waals surface area contributed by atoms with Crippen molar-refractivity contribution in [1.29, 1.82) is 0 Å². The number of aromatic nitrogens is 1. The Balaban J connectivity index is 3.15. The SMILES string of the molecule is O=C(Br)c1ncccc1Cl. The van der Waals surface area contributed by atoms with Crippen molar-refractivity contribution < 1.29 is 4.79 Å². The summed E-state index contributed by atoms with van der Waals surface area (Å²) in [5, 5.41) is 0.365. The lowest BCUT2D eigenvalue weighted by atomic mass is 10.4. The molecule has 0 saturated carbocycles. The van der Waals surface area contributed by atoms with Crippen LogP contribution < -0.4 is 0 Å². The third kappa shape index (κ3) is 1.55. The molecule has 0 aromatic carbocycles. The third-order valence-corrected chi connectivity index (χ3v) is 1.63. The zero-order valence-corrected chi connectivity index (χ0v) is 7.19. The Bertz CT molecular complexity index is 264. The van der Waals surface area contributed by atoms with Gasteiger partial charge < -0.3 is 0 Å². The van der Waals surface area contributed by atoms with Crippen LogP contribution in [0.4, 0.5) is 0 Å². The Labute approximate surface area is 71.3 Å². The Hall–Kier alpha value is -0.410. The molecular formula is C6H3BrClNO. The predicted octanol–water partition coefficient (Wildman–Crippen LogP) is 2.27. The largest absolute Gasteiger partial charge is 0.279 e. The second-order valence-corrected chi connectivity index (χ2v) is 2.73. The number of nitrogens with zero attached hydrogens (tertiary/aromatic N) is 1. The Morgan fingerprint density at radius 2 is 2.40 bits per heavy atom. The average Bonchev–Trinajstić information content (AvgIpc) is 1.88. The third-order valence-electron chi connectivity index (χ3n) is 0.945. The summed E-state index contributed by atoms with van der Waals surface area (Å²) in [7, 11) is 0. The second-order valence-electron chi connectivity index (χ2n) is 1.61. The van der Waals surface area contributed by atoms with Crippen LogP contribution in [0.3, 0.4) is 0 Å². The first kappa shape index (κ1) is 7.69. The van der Waals surface area contributed by atoms with Gasteiger partial charge in [-0.05, 0) is 28.1 Å². The molecule has 0 unspecified atom stereocenters. The molecule has 1 aromatic rings. The van der Waals surface area contributed by atoms with Crippen molar-refractivity contribution >= 4 is 32.2 Å². The lowest BCUT2D eigenvalue weighted by Crippen LogP contribution is -1.92. The summed E-state index contributed by atoms with van der Waals surface area (Å²) in [5.74, 6) is 0. The Morgan fingerprint density at radius 1 is 1.70 bits per heavy atom. The average molecular weight is 220 g/mol. The highest BCUT2D eigenvalue weighted by Gasteiger charge is 2.05. The van der Waals surface area contributed by atoms with Crippen molar-refractivity contribution in [3.8, 4) is 0 Å². The van der Waals surface area contributed by atoms with Gasteiger partial charge >= 0.3 is 0 Å². The summed E-state index contributed by atoms with van der Waals surface area (Å²) in [6, 6.07) is 3.28. The first-order valence-electron chi connectivity index (χ1n) is 2.52. The topological polar surface area (TPSA) is 30.0 Å². The van der Waals surface area contributed by atoms with Gasteiger partial charge in [0.15, 0.2) is 0 Å². The molecule has 0 atom stereocenters. The fraction of sp³-hybridized carbons (Fsp3) is 0. The highest BCUT2D eigenvalue weighted by Crippen LogP contribution is 2.14. The maximum absolute atomic E-state index is 10.6. The number of carbonyl (C=O) groups excluding carboxylic acids is 1. The smallest absolute Gasteiger partial charge is 0.247 e. The van der Waals surface area contributed by atoms with Crippen molar-refractivity contribution in [2.45, 2.75) is 0 Å². The molecule has 0 aliphatic carbocycles. The summed E-state index contributed by atoms with van der Waals surface area (Å²) >= 11 is 8.35. The molecule has 0 saturated heterocycles. The predicted molar refractivity (Wildman–Crippen MR) is 42.5 cm³/mol. The lowest BCUT2D eigenvalue weighted by Gasteiger charge is -1.93. The van der Waals surface area contributed by atoms with Crippen LogP contribution in [0.1, 0.15) is 10.5 Å². The van der Waals surface area contributed by atoms with E-state index < -0.39 is 0 Å². The monoisotopic (exact) mass is 219 g/mol. The van der Waals surface area contributed by atoms with E-state index in [0.717, 1.165) is 0 Å². The van der Waals surface area contributed by atoms with Crippen LogP contribution in [-0.2, 0) is 0 Å². The van der Waals surface area contributed by atoms with E-state index in [4.69, 9.17) is 11.6 Å². The van der Waals surface area contributed by atoms with Crippen molar-refractivity contribution in [1.82, 2.24) is 4.98 Å². The minimum absolute atomic E-state index is 0.254. The number of halogens is 2. The maximum atomic E-state index is 10.6. The van der Waals surface area contributed by atoms with Gasteiger partial charge in [-0.2, -0.15) is 0 Å². The number of rotatable bonds is 1. The van der Waals surface area contributed by atoms with E-state index >= 15 is 0 Å². The van der Waals surface area contributed by atoms with Crippen molar-refractivity contribution in [2.75, 3.05) is 0 Å². The molecule has 1 heterocycles. The first-order chi connectivity index (χ1) is 4.72. The van der Waals surface area contributed by atoms with Gasteiger partial charge in [-0.15, -0.1) is 0 Å². The van der Waals surface area contributed by atoms with Gasteiger partial charge in [0.2, 0.25) is 4.69 Å². The van der Waals surface area contributed by atoms with E-state index in [9.17, 15) is 4.79 Å². The summed E-state index contributed by atoms with van der Waals surface area (Å²) < 4.78 is -0.293. The Morgan fingerprint density at radius 3 is 2.80 bits per heavy atom. The van der Waals surface area contributed by atoms with Gasteiger partial charge in [0, 0.05) is 6.20 Å². The van der Waals surface area contributed by atoms with Gasteiger partial charge in [-0.25, -0.2) is 0 Å². The fourth-order valence-electron chi connectivity index (χ4n) is 0.530. The van der Waals surface area contributed by atoms with Crippen LogP contribution in [-0.4, -0.2) is 9.68 Å². The molecule has 0 radical (unpaired) electrons. The molecule has 10 heavy (non-hydrogen) atoms. The van der Waals surface area contributed by atoms with Crippen LogP contribution in [0.25, 0.3) is 0 Å². The molecule has 0 spiro atoms. The van der Waals surface area contributed by atoms with Gasteiger partial charge in [-0.3, -0.25) is 9.78 Å². The maximum Gasteiger partial charge on any atom is 0.247 e. The zero-order valence-electron chi connectivity index (χ0n) is 4.84. The molecule has 1 aromatic heterocycles. The van der Waals surface area contributed by atoms with Crippen LogP contribution in [0, 0.1) is 0 Å². The van der Waals surface area contributed by atoms with Gasteiger partial charge in [0.25, 0.3) is 0 Å². The van der Waals surface area contributed by atoms with E-state index in [-0.39, 0.29) is 10.4 Å². The summed E-state index contributed by atoms with van der Waals surface area (Å²) in [6.07, 6.45) is 1.51. The lowest BCUT2D eigenvalue weighted by molar-refractivity contribution is 0.109. The van der Waals surface area contributed by atoms with Crippen molar-refractivity contribution in [3.63, 3.8) is 0 Å². The summed E-state index contributed by atoms with van der Waals surface area (Å²) in [5.41, 5.74) is 0.254. The fourth-order valence-corrected chi connectivity index (χ4v) is 1.17. The van der Waals surface area contributed by atoms with Crippen molar-refractivity contribution in [2.24, 2.45) is 0 Å². The number of hydrogen-bond acceptors (Lipinski definition) is 2. The van der Waals surface area contributed by atoms with Crippen LogP contribution in [0.5, 0.6) is 0 Å². The van der Waals surface area contributed by atoms with Crippen LogP contribution in [0.15, 0.2) is 18.3 Å². The zero-order chi connectivity index (χ0) is 7.56. The molecule has 0 bridgehead atoms. The molecular weight excluding hydrogens is 217 g/mol. The molecule has 52 valence electrons. The van der Waals surface area contributed by atoms with Crippen molar-refractivity contribution in [3.05, 3.63) is 29.0 Å². The van der Waals surface area contributed by atoms with Gasteiger partial charge in [0.05, 0.1) is 5.02 Å². The second kappa shape index (κ2) is 3.12. The minimum Gasteiger partial charge on any atom is -0.279 e. The molecule has 0 fully saturated rings. The first-order valence-corrected chi connectivity index (χ1v) is 3.69. The van der Waals surface area contributed by atoms with E-state index in [2.05, 4.69) is 20.9 Å². The quantitative estimate of drug-likeness (QED) is 0.680. The van der Waals surface area contributed by atoms with E-state index in [1.54, 1.807) is 12.1 Å². The normalized spacial score (nSPS) is 9.40. The van der Waals surface area contributed by atoms with E-state index in [1.807, 2.05) is 0 Å². The molecule has 0 aliphatic heterocycles.